The molecule has 0 aromatic heterocycles. The highest BCUT2D eigenvalue weighted by molar-refractivity contribution is 5.70. The van der Waals surface area contributed by atoms with Crippen LogP contribution in [-0.2, 0) is 4.79 Å². The Bertz CT molecular complexity index is 280. The SMILES string of the molecule is CC(C)N1CC2(C[NH2+]C2)C1.O=C([O-])C(F)(F)F. The number of alkyl halides is 3. The second kappa shape index (κ2) is 4.81. The fraction of sp³-hybridized carbons (Fsp3) is 0.900. The van der Waals surface area contributed by atoms with E-state index in [1.54, 1.807) is 0 Å². The van der Waals surface area contributed by atoms with E-state index in [1.165, 1.54) is 26.2 Å². The number of carbonyl (C=O) groups is 1. The third kappa shape index (κ3) is 3.57. The van der Waals surface area contributed by atoms with Gasteiger partial charge in [0.15, 0.2) is 0 Å². The van der Waals surface area contributed by atoms with Crippen molar-refractivity contribution < 1.29 is 28.4 Å². The molecule has 1 spiro atoms. The van der Waals surface area contributed by atoms with Gasteiger partial charge in [0.1, 0.15) is 5.97 Å². The van der Waals surface area contributed by atoms with Crippen LogP contribution in [0.4, 0.5) is 13.2 Å². The number of carboxylic acids is 1. The Balaban J connectivity index is 0.000000185. The van der Waals surface area contributed by atoms with Crippen molar-refractivity contribution in [2.45, 2.75) is 26.1 Å². The lowest BCUT2D eigenvalue weighted by Gasteiger charge is -2.54. The summed E-state index contributed by atoms with van der Waals surface area (Å²) in [5, 5.41) is 11.2. The Labute approximate surface area is 97.8 Å². The van der Waals surface area contributed by atoms with E-state index in [4.69, 9.17) is 9.90 Å². The van der Waals surface area contributed by atoms with E-state index < -0.39 is 12.1 Å². The van der Waals surface area contributed by atoms with Crippen LogP contribution in [0, 0.1) is 5.41 Å². The number of halogens is 3. The highest BCUT2D eigenvalue weighted by Crippen LogP contribution is 2.31. The van der Waals surface area contributed by atoms with Crippen LogP contribution in [0.1, 0.15) is 13.8 Å². The minimum absolute atomic E-state index is 0.768. The molecule has 0 aromatic carbocycles. The monoisotopic (exact) mass is 254 g/mol. The maximum atomic E-state index is 10.5. The van der Waals surface area contributed by atoms with Crippen molar-refractivity contribution in [1.82, 2.24) is 4.90 Å². The molecule has 100 valence electrons. The van der Waals surface area contributed by atoms with Gasteiger partial charge in [0, 0.05) is 19.1 Å². The molecule has 2 fully saturated rings. The summed E-state index contributed by atoms with van der Waals surface area (Å²) in [6, 6.07) is 0.770. The fourth-order valence-corrected chi connectivity index (χ4v) is 1.99. The molecule has 2 rings (SSSR count). The van der Waals surface area contributed by atoms with E-state index in [9.17, 15) is 13.2 Å². The largest absolute Gasteiger partial charge is 0.542 e. The minimum Gasteiger partial charge on any atom is -0.542 e. The number of aliphatic carboxylic acids is 1. The van der Waals surface area contributed by atoms with Crippen molar-refractivity contribution >= 4 is 5.97 Å². The third-order valence-corrected chi connectivity index (χ3v) is 3.19. The Hall–Kier alpha value is -0.820. The van der Waals surface area contributed by atoms with Crippen molar-refractivity contribution in [3.05, 3.63) is 0 Å². The summed E-state index contributed by atoms with van der Waals surface area (Å²) in [6.07, 6.45) is -5.19. The number of hydrogen-bond acceptors (Lipinski definition) is 3. The zero-order chi connectivity index (χ0) is 13.3. The van der Waals surface area contributed by atoms with Crippen LogP contribution in [-0.4, -0.2) is 49.3 Å². The van der Waals surface area contributed by atoms with Gasteiger partial charge in [0.2, 0.25) is 0 Å². The molecule has 0 amide bonds. The van der Waals surface area contributed by atoms with Crippen LogP contribution in [0.15, 0.2) is 0 Å². The molecule has 2 saturated heterocycles. The van der Waals surface area contributed by atoms with Crippen molar-refractivity contribution in [1.29, 1.82) is 0 Å². The molecule has 2 N–H and O–H groups in total. The van der Waals surface area contributed by atoms with Gasteiger partial charge in [-0.3, -0.25) is 4.90 Å². The zero-order valence-corrected chi connectivity index (χ0v) is 9.88. The van der Waals surface area contributed by atoms with Gasteiger partial charge in [-0.15, -0.1) is 0 Å². The summed E-state index contributed by atoms with van der Waals surface area (Å²) in [6.45, 7) is 10.1. The highest BCUT2D eigenvalue weighted by Gasteiger charge is 2.51. The summed E-state index contributed by atoms with van der Waals surface area (Å²) in [5.74, 6) is -3.01. The number of rotatable bonds is 1. The molecule has 0 aromatic rings. The van der Waals surface area contributed by atoms with Crippen LogP contribution in [0.5, 0.6) is 0 Å². The molecule has 0 saturated carbocycles. The number of likely N-dealkylation sites (tertiary alicyclic amines) is 1. The molecule has 0 bridgehead atoms. The second-order valence-corrected chi connectivity index (χ2v) is 4.98. The van der Waals surface area contributed by atoms with E-state index in [1.807, 2.05) is 0 Å². The maximum Gasteiger partial charge on any atom is 0.430 e. The first kappa shape index (κ1) is 14.2. The Morgan fingerprint density at radius 2 is 1.76 bits per heavy atom. The van der Waals surface area contributed by atoms with Crippen molar-refractivity contribution in [2.75, 3.05) is 26.2 Å². The lowest BCUT2D eigenvalue weighted by Crippen LogP contribution is -3.04. The average molecular weight is 254 g/mol. The number of nitrogens with two attached hydrogens (primary N) is 1. The van der Waals surface area contributed by atoms with E-state index in [0.29, 0.717) is 0 Å². The van der Waals surface area contributed by atoms with Gasteiger partial charge < -0.3 is 15.2 Å². The molecule has 0 aliphatic carbocycles. The third-order valence-electron chi connectivity index (χ3n) is 3.19. The zero-order valence-electron chi connectivity index (χ0n) is 9.88. The van der Waals surface area contributed by atoms with Crippen LogP contribution < -0.4 is 10.4 Å². The van der Waals surface area contributed by atoms with Crippen LogP contribution >= 0.6 is 0 Å². The van der Waals surface area contributed by atoms with E-state index in [0.717, 1.165) is 11.5 Å². The maximum absolute atomic E-state index is 10.5. The predicted octanol–water partition coefficient (Wildman–Crippen LogP) is -1.43. The highest BCUT2D eigenvalue weighted by atomic mass is 19.4. The molecule has 2 aliphatic rings. The van der Waals surface area contributed by atoms with Crippen molar-refractivity contribution in [3.8, 4) is 0 Å². The standard InChI is InChI=1S/C8H16N2.C2HF3O2/c1-7(2)10-5-8(6-10)3-9-4-8;3-2(4,5)1(6)7/h7,9H,3-6H2,1-2H3;(H,6,7). The molecule has 4 nitrogen and oxygen atoms in total. The topological polar surface area (TPSA) is 60.0 Å². The Morgan fingerprint density at radius 3 is 1.94 bits per heavy atom. The molecule has 7 heteroatoms. The number of hydrogen-bond donors (Lipinski definition) is 1. The molecule has 0 radical (unpaired) electrons. The van der Waals surface area contributed by atoms with Gasteiger partial charge in [-0.1, -0.05) is 0 Å². The summed E-state index contributed by atoms with van der Waals surface area (Å²) in [4.78, 5) is 11.3. The van der Waals surface area contributed by atoms with Gasteiger partial charge in [0.05, 0.1) is 18.5 Å². The fourth-order valence-electron chi connectivity index (χ4n) is 1.99. The molecular formula is C10H17F3N2O2. The summed E-state index contributed by atoms with van der Waals surface area (Å²) >= 11 is 0. The van der Waals surface area contributed by atoms with Gasteiger partial charge in [0.25, 0.3) is 0 Å². The average Bonchev–Trinajstić information content (AvgIpc) is 1.96. The van der Waals surface area contributed by atoms with Crippen molar-refractivity contribution in [3.63, 3.8) is 0 Å². The molecular weight excluding hydrogens is 237 g/mol. The predicted molar refractivity (Wildman–Crippen MR) is 51.9 cm³/mol. The lowest BCUT2D eigenvalue weighted by molar-refractivity contribution is -0.748. The first-order valence-corrected chi connectivity index (χ1v) is 5.50. The summed E-state index contributed by atoms with van der Waals surface area (Å²) in [5.41, 5.74) is 0.768. The Morgan fingerprint density at radius 1 is 1.35 bits per heavy atom. The second-order valence-electron chi connectivity index (χ2n) is 4.98. The van der Waals surface area contributed by atoms with E-state index in [-0.39, 0.29) is 0 Å². The number of carbonyl (C=O) groups excluding carboxylic acids is 1. The smallest absolute Gasteiger partial charge is 0.430 e. The molecule has 0 atom stereocenters. The van der Waals surface area contributed by atoms with E-state index in [2.05, 4.69) is 24.1 Å². The summed E-state index contributed by atoms with van der Waals surface area (Å²) < 4.78 is 31.5. The van der Waals surface area contributed by atoms with Crippen LogP contribution in [0.2, 0.25) is 0 Å². The van der Waals surface area contributed by atoms with E-state index >= 15 is 0 Å². The van der Waals surface area contributed by atoms with Gasteiger partial charge in [-0.05, 0) is 13.8 Å². The van der Waals surface area contributed by atoms with Gasteiger partial charge in [-0.25, -0.2) is 0 Å². The summed E-state index contributed by atoms with van der Waals surface area (Å²) in [7, 11) is 0. The van der Waals surface area contributed by atoms with Gasteiger partial charge in [-0.2, -0.15) is 13.2 Å². The molecule has 0 unspecified atom stereocenters. The van der Waals surface area contributed by atoms with Gasteiger partial charge >= 0.3 is 6.18 Å². The minimum atomic E-state index is -5.19. The Kier molecular flexibility index (Phi) is 4.03. The lowest BCUT2D eigenvalue weighted by atomic mass is 9.74. The number of carboxylic acid groups (broad SMARTS) is 1. The quantitative estimate of drug-likeness (QED) is 0.624. The molecule has 17 heavy (non-hydrogen) atoms. The normalized spacial score (nSPS) is 22.5. The van der Waals surface area contributed by atoms with Crippen LogP contribution in [0.25, 0.3) is 0 Å². The van der Waals surface area contributed by atoms with Crippen LogP contribution in [0.3, 0.4) is 0 Å². The first-order chi connectivity index (χ1) is 7.66. The molecule has 2 heterocycles. The first-order valence-electron chi connectivity index (χ1n) is 5.50. The van der Waals surface area contributed by atoms with Crippen molar-refractivity contribution in [2.24, 2.45) is 5.41 Å². The number of quaternary nitrogens is 1. The number of nitrogens with zero attached hydrogens (tertiary/aromatic N) is 1. The molecule has 2 aliphatic heterocycles.